The lowest BCUT2D eigenvalue weighted by Crippen LogP contribution is -2.24. The number of hydrogen-bond donors (Lipinski definition) is 1. The van der Waals surface area contributed by atoms with E-state index in [1.165, 1.54) is 4.57 Å². The molecule has 3 aromatic rings. The van der Waals surface area contributed by atoms with Gasteiger partial charge >= 0.3 is 0 Å². The molecule has 0 aliphatic heterocycles. The van der Waals surface area contributed by atoms with E-state index in [1.807, 2.05) is 18.3 Å². The Hall–Kier alpha value is -2.72. The van der Waals surface area contributed by atoms with E-state index in [0.717, 1.165) is 10.0 Å². The molecule has 6 nitrogen and oxygen atoms in total. The van der Waals surface area contributed by atoms with Crippen molar-refractivity contribution < 1.29 is 0 Å². The third-order valence-electron chi connectivity index (χ3n) is 3.17. The zero-order chi connectivity index (χ0) is 15.5. The number of nitrogens with zero attached hydrogens (tertiary/aromatic N) is 4. The molecule has 0 atom stereocenters. The Kier molecular flexibility index (Phi) is 3.85. The van der Waals surface area contributed by atoms with Crippen LogP contribution in [0.3, 0.4) is 0 Å². The zero-order valence-corrected chi connectivity index (χ0v) is 12.9. The van der Waals surface area contributed by atoms with Gasteiger partial charge in [0.1, 0.15) is 0 Å². The van der Waals surface area contributed by atoms with Crippen molar-refractivity contribution in [2.45, 2.75) is 6.54 Å². The summed E-state index contributed by atoms with van der Waals surface area (Å²) in [6.07, 6.45) is 5.13. The maximum Gasteiger partial charge on any atom is 0.263 e. The van der Waals surface area contributed by atoms with Gasteiger partial charge in [-0.05, 0) is 35.9 Å². The van der Waals surface area contributed by atoms with Crippen molar-refractivity contribution >= 4 is 32.8 Å². The molecule has 2 aromatic heterocycles. The van der Waals surface area contributed by atoms with E-state index in [4.69, 9.17) is 5.26 Å². The van der Waals surface area contributed by atoms with E-state index in [2.05, 4.69) is 31.2 Å². The lowest BCUT2D eigenvalue weighted by molar-refractivity contribution is 0.759. The Bertz CT molecular complexity index is 930. The van der Waals surface area contributed by atoms with Gasteiger partial charge < -0.3 is 0 Å². The monoisotopic (exact) mass is 355 g/mol. The number of aromatic nitrogens is 3. The van der Waals surface area contributed by atoms with Gasteiger partial charge in [0.2, 0.25) is 5.95 Å². The van der Waals surface area contributed by atoms with Gasteiger partial charge in [-0.15, -0.1) is 0 Å². The Labute approximate surface area is 134 Å². The number of benzene rings is 1. The average molecular weight is 356 g/mol. The fraction of sp³-hybridized carbons (Fsp3) is 0.0667. The van der Waals surface area contributed by atoms with Crippen molar-refractivity contribution in [1.82, 2.24) is 14.5 Å². The molecule has 0 saturated heterocycles. The number of hydrogen-bond acceptors (Lipinski definition) is 5. The standard InChI is InChI=1S/C15H10BrN5O/c16-11-1-2-13-12(7-11)14(22)21(15(20-13)19-9-17)8-10-3-5-18-6-4-10/h1-7H,8H2,(H,19,20). The molecule has 0 aliphatic rings. The first-order chi connectivity index (χ1) is 10.7. The predicted molar refractivity (Wildman–Crippen MR) is 86.3 cm³/mol. The first kappa shape index (κ1) is 14.2. The highest BCUT2D eigenvalue weighted by Gasteiger charge is 2.11. The van der Waals surface area contributed by atoms with E-state index >= 15 is 0 Å². The second kappa shape index (κ2) is 5.95. The summed E-state index contributed by atoms with van der Waals surface area (Å²) >= 11 is 3.36. The topological polar surface area (TPSA) is 83.6 Å². The van der Waals surface area contributed by atoms with Crippen molar-refractivity contribution in [1.29, 1.82) is 5.26 Å². The first-order valence-electron chi connectivity index (χ1n) is 6.43. The van der Waals surface area contributed by atoms with Crippen LogP contribution in [0, 0.1) is 11.5 Å². The van der Waals surface area contributed by atoms with E-state index in [1.54, 1.807) is 30.6 Å². The zero-order valence-electron chi connectivity index (χ0n) is 11.3. The lowest BCUT2D eigenvalue weighted by atomic mass is 10.2. The molecule has 0 aliphatic carbocycles. The summed E-state index contributed by atoms with van der Waals surface area (Å²) in [4.78, 5) is 21.0. The number of fused-ring (bicyclic) bond motifs is 1. The molecule has 1 aromatic carbocycles. The number of anilines is 1. The molecule has 0 fully saturated rings. The molecular formula is C15H10BrN5O. The highest BCUT2D eigenvalue weighted by molar-refractivity contribution is 9.10. The largest absolute Gasteiger partial charge is 0.273 e. The van der Waals surface area contributed by atoms with Gasteiger partial charge in [0, 0.05) is 16.9 Å². The molecule has 3 rings (SSSR count). The molecular weight excluding hydrogens is 346 g/mol. The number of nitrogens with one attached hydrogen (secondary N) is 1. The summed E-state index contributed by atoms with van der Waals surface area (Å²) < 4.78 is 2.24. The van der Waals surface area contributed by atoms with Crippen LogP contribution in [0.25, 0.3) is 10.9 Å². The molecule has 0 unspecified atom stereocenters. The summed E-state index contributed by atoms with van der Waals surface area (Å²) in [5.74, 6) is 0.221. The van der Waals surface area contributed by atoms with Crippen LogP contribution in [0.4, 0.5) is 5.95 Å². The number of halogens is 1. The van der Waals surface area contributed by atoms with Crippen LogP contribution in [-0.4, -0.2) is 14.5 Å². The van der Waals surface area contributed by atoms with Crippen LogP contribution in [0.1, 0.15) is 5.56 Å². The molecule has 1 N–H and O–H groups in total. The van der Waals surface area contributed by atoms with Gasteiger partial charge in [-0.1, -0.05) is 15.9 Å². The van der Waals surface area contributed by atoms with E-state index in [0.29, 0.717) is 17.4 Å². The Morgan fingerprint density at radius 2 is 2.05 bits per heavy atom. The summed E-state index contributed by atoms with van der Waals surface area (Å²) in [5, 5.41) is 11.8. The fourth-order valence-electron chi connectivity index (χ4n) is 2.16. The Balaban J connectivity index is 2.22. The highest BCUT2D eigenvalue weighted by Crippen LogP contribution is 2.17. The maximum atomic E-state index is 12.7. The van der Waals surface area contributed by atoms with Crippen LogP contribution in [-0.2, 0) is 6.54 Å². The summed E-state index contributed by atoms with van der Waals surface area (Å²) in [5.41, 5.74) is 1.23. The number of pyridine rings is 1. The minimum atomic E-state index is -0.208. The van der Waals surface area contributed by atoms with Crippen LogP contribution in [0.15, 0.2) is 52.0 Å². The van der Waals surface area contributed by atoms with E-state index in [9.17, 15) is 4.79 Å². The van der Waals surface area contributed by atoms with Crippen LogP contribution in [0.2, 0.25) is 0 Å². The number of rotatable bonds is 3. The van der Waals surface area contributed by atoms with Crippen molar-refractivity contribution in [2.24, 2.45) is 0 Å². The lowest BCUT2D eigenvalue weighted by Gasteiger charge is -2.12. The van der Waals surface area contributed by atoms with Crippen molar-refractivity contribution in [2.75, 3.05) is 5.32 Å². The molecule has 0 saturated carbocycles. The summed E-state index contributed by atoms with van der Waals surface area (Å²) in [6, 6.07) is 8.89. The molecule has 22 heavy (non-hydrogen) atoms. The van der Waals surface area contributed by atoms with Gasteiger partial charge in [0.05, 0.1) is 17.4 Å². The molecule has 7 heteroatoms. The van der Waals surface area contributed by atoms with E-state index in [-0.39, 0.29) is 11.5 Å². The summed E-state index contributed by atoms with van der Waals surface area (Å²) in [6.45, 7) is 0.306. The van der Waals surface area contributed by atoms with Gasteiger partial charge in [-0.2, -0.15) is 5.26 Å². The minimum absolute atomic E-state index is 0.208. The SMILES string of the molecule is N#CNc1nc2ccc(Br)cc2c(=O)n1Cc1ccncc1. The number of nitriles is 1. The molecule has 0 radical (unpaired) electrons. The first-order valence-corrected chi connectivity index (χ1v) is 7.22. The van der Waals surface area contributed by atoms with Gasteiger partial charge in [0.15, 0.2) is 6.19 Å². The quantitative estimate of drug-likeness (QED) is 0.576. The second-order valence-electron chi connectivity index (χ2n) is 4.58. The summed E-state index contributed by atoms with van der Waals surface area (Å²) in [7, 11) is 0. The highest BCUT2D eigenvalue weighted by atomic mass is 79.9. The van der Waals surface area contributed by atoms with Gasteiger partial charge in [-0.3, -0.25) is 19.7 Å². The molecule has 2 heterocycles. The van der Waals surface area contributed by atoms with Gasteiger partial charge in [0.25, 0.3) is 5.56 Å². The minimum Gasteiger partial charge on any atom is -0.273 e. The smallest absolute Gasteiger partial charge is 0.263 e. The Morgan fingerprint density at radius 1 is 1.27 bits per heavy atom. The third-order valence-corrected chi connectivity index (χ3v) is 3.67. The normalized spacial score (nSPS) is 10.4. The maximum absolute atomic E-state index is 12.7. The second-order valence-corrected chi connectivity index (χ2v) is 5.50. The predicted octanol–water partition coefficient (Wildman–Crippen LogP) is 2.50. The average Bonchev–Trinajstić information content (AvgIpc) is 2.53. The van der Waals surface area contributed by atoms with Crippen LogP contribution >= 0.6 is 15.9 Å². The van der Waals surface area contributed by atoms with Gasteiger partial charge in [-0.25, -0.2) is 4.98 Å². The van der Waals surface area contributed by atoms with Crippen molar-refractivity contribution in [3.05, 3.63) is 63.1 Å². The Morgan fingerprint density at radius 3 is 2.77 bits per heavy atom. The fourth-order valence-corrected chi connectivity index (χ4v) is 2.52. The third kappa shape index (κ3) is 2.69. The molecule has 0 spiro atoms. The molecule has 0 amide bonds. The van der Waals surface area contributed by atoms with Crippen molar-refractivity contribution in [3.8, 4) is 6.19 Å². The van der Waals surface area contributed by atoms with Crippen LogP contribution < -0.4 is 10.9 Å². The molecule has 0 bridgehead atoms. The van der Waals surface area contributed by atoms with E-state index < -0.39 is 0 Å². The van der Waals surface area contributed by atoms with Crippen molar-refractivity contribution in [3.63, 3.8) is 0 Å². The van der Waals surface area contributed by atoms with Crippen LogP contribution in [0.5, 0.6) is 0 Å². The molecule has 108 valence electrons.